The number of piperidine rings is 1. The molecule has 1 unspecified atom stereocenters. The molecule has 1 heterocycles. The molecule has 2 aromatic carbocycles. The summed E-state index contributed by atoms with van der Waals surface area (Å²) in [7, 11) is 0. The van der Waals surface area contributed by atoms with Gasteiger partial charge >= 0.3 is 5.97 Å². The molecule has 23 heavy (non-hydrogen) atoms. The van der Waals surface area contributed by atoms with Gasteiger partial charge in [-0.15, -0.1) is 0 Å². The van der Waals surface area contributed by atoms with E-state index in [1.54, 1.807) is 6.07 Å². The van der Waals surface area contributed by atoms with Gasteiger partial charge in [0.1, 0.15) is 5.75 Å². The molecular weight excluding hydrogens is 290 g/mol. The van der Waals surface area contributed by atoms with E-state index in [4.69, 9.17) is 5.11 Å². The maximum Gasteiger partial charge on any atom is 0.306 e. The van der Waals surface area contributed by atoms with Gasteiger partial charge in [0.05, 0.1) is 5.92 Å². The van der Waals surface area contributed by atoms with Gasteiger partial charge in [-0.05, 0) is 55.4 Å². The minimum atomic E-state index is -0.668. The first-order valence-corrected chi connectivity index (χ1v) is 8.28. The first-order valence-electron chi connectivity index (χ1n) is 8.28. The van der Waals surface area contributed by atoms with Gasteiger partial charge in [-0.3, -0.25) is 9.69 Å². The second-order valence-electron chi connectivity index (χ2n) is 6.33. The molecule has 0 bridgehead atoms. The maximum atomic E-state index is 11.1. The lowest BCUT2D eigenvalue weighted by molar-refractivity contribution is -0.143. The van der Waals surface area contributed by atoms with Crippen molar-refractivity contribution in [3.8, 4) is 5.75 Å². The number of carbonyl (C=O) groups is 1. The predicted octanol–water partition coefficient (Wildman–Crippen LogP) is 3.79. The molecule has 1 aliphatic heterocycles. The Bertz CT molecular complexity index is 705. The van der Waals surface area contributed by atoms with E-state index >= 15 is 0 Å². The van der Waals surface area contributed by atoms with Gasteiger partial charge < -0.3 is 10.2 Å². The topological polar surface area (TPSA) is 60.8 Å². The van der Waals surface area contributed by atoms with Crippen LogP contribution in [0.25, 0.3) is 10.8 Å². The van der Waals surface area contributed by atoms with Crippen LogP contribution in [0.1, 0.15) is 37.8 Å². The average molecular weight is 313 g/mol. The lowest BCUT2D eigenvalue weighted by atomic mass is 9.92. The van der Waals surface area contributed by atoms with Crippen LogP contribution in [0.2, 0.25) is 0 Å². The second kappa shape index (κ2) is 6.59. The number of phenolic OH excluding ortho intramolecular Hbond substituents is 1. The van der Waals surface area contributed by atoms with E-state index in [-0.39, 0.29) is 5.92 Å². The van der Waals surface area contributed by atoms with Crippen LogP contribution < -0.4 is 0 Å². The summed E-state index contributed by atoms with van der Waals surface area (Å²) in [6, 6.07) is 12.1. The molecule has 0 saturated carbocycles. The van der Waals surface area contributed by atoms with Gasteiger partial charge in [-0.25, -0.2) is 0 Å². The standard InChI is InChI=1S/C19H23NO3/c1-2-17(20-10-8-13(9-11-20)19(22)23)15-6-7-16-14(12-15)4-3-5-18(16)21/h3-7,12-13,17,21H,2,8-11H2,1H3,(H,22,23). The van der Waals surface area contributed by atoms with E-state index < -0.39 is 5.97 Å². The van der Waals surface area contributed by atoms with Gasteiger partial charge in [0, 0.05) is 11.4 Å². The molecule has 0 spiro atoms. The number of aliphatic carboxylic acids is 1. The SMILES string of the molecule is CCC(c1ccc2c(O)cccc2c1)N1CCC(C(=O)O)CC1. The van der Waals surface area contributed by atoms with Crippen molar-refractivity contribution in [3.05, 3.63) is 42.0 Å². The summed E-state index contributed by atoms with van der Waals surface area (Å²) in [6.07, 6.45) is 2.43. The van der Waals surface area contributed by atoms with Crippen LogP contribution in [0.15, 0.2) is 36.4 Å². The fourth-order valence-electron chi connectivity index (χ4n) is 3.66. The van der Waals surface area contributed by atoms with Gasteiger partial charge in [0.25, 0.3) is 0 Å². The van der Waals surface area contributed by atoms with Crippen molar-refractivity contribution in [2.75, 3.05) is 13.1 Å². The number of carboxylic acids is 1. The molecule has 2 N–H and O–H groups in total. The first-order chi connectivity index (χ1) is 11.1. The number of rotatable bonds is 4. The van der Waals surface area contributed by atoms with Crippen LogP contribution in [-0.4, -0.2) is 34.2 Å². The van der Waals surface area contributed by atoms with E-state index in [0.29, 0.717) is 11.8 Å². The molecule has 122 valence electrons. The molecule has 0 amide bonds. The van der Waals surface area contributed by atoms with Crippen molar-refractivity contribution in [1.29, 1.82) is 0 Å². The molecule has 0 aliphatic carbocycles. The summed E-state index contributed by atoms with van der Waals surface area (Å²) >= 11 is 0. The monoisotopic (exact) mass is 313 g/mol. The highest BCUT2D eigenvalue weighted by Crippen LogP contribution is 2.32. The zero-order chi connectivity index (χ0) is 16.4. The normalized spacial score (nSPS) is 18.1. The zero-order valence-electron chi connectivity index (χ0n) is 13.4. The number of nitrogens with zero attached hydrogens (tertiary/aromatic N) is 1. The summed E-state index contributed by atoms with van der Waals surface area (Å²) in [6.45, 7) is 3.82. The van der Waals surface area contributed by atoms with Crippen LogP contribution in [0.3, 0.4) is 0 Å². The van der Waals surface area contributed by atoms with Crippen molar-refractivity contribution in [1.82, 2.24) is 4.90 Å². The molecule has 1 atom stereocenters. The van der Waals surface area contributed by atoms with Gasteiger partial charge in [-0.1, -0.05) is 31.2 Å². The molecule has 0 aromatic heterocycles. The number of benzene rings is 2. The smallest absolute Gasteiger partial charge is 0.306 e. The number of carboxylic acid groups (broad SMARTS) is 1. The van der Waals surface area contributed by atoms with Crippen LogP contribution in [0.5, 0.6) is 5.75 Å². The van der Waals surface area contributed by atoms with Crippen LogP contribution >= 0.6 is 0 Å². The Labute approximate surface area is 136 Å². The predicted molar refractivity (Wildman–Crippen MR) is 90.6 cm³/mol. The zero-order valence-corrected chi connectivity index (χ0v) is 13.4. The third kappa shape index (κ3) is 3.17. The largest absolute Gasteiger partial charge is 0.507 e. The highest BCUT2D eigenvalue weighted by molar-refractivity contribution is 5.88. The summed E-state index contributed by atoms with van der Waals surface area (Å²) in [5.41, 5.74) is 1.24. The number of phenols is 1. The number of fused-ring (bicyclic) bond motifs is 1. The Morgan fingerprint density at radius 1 is 1.26 bits per heavy atom. The summed E-state index contributed by atoms with van der Waals surface area (Å²) in [5.74, 6) is -0.555. The molecule has 4 nitrogen and oxygen atoms in total. The van der Waals surface area contributed by atoms with Crippen molar-refractivity contribution in [2.45, 2.75) is 32.2 Å². The van der Waals surface area contributed by atoms with E-state index in [1.165, 1.54) is 5.56 Å². The third-order valence-electron chi connectivity index (χ3n) is 4.97. The molecule has 1 saturated heterocycles. The van der Waals surface area contributed by atoms with E-state index in [9.17, 15) is 9.90 Å². The summed E-state index contributed by atoms with van der Waals surface area (Å²) in [4.78, 5) is 13.5. The molecule has 1 aliphatic rings. The van der Waals surface area contributed by atoms with Gasteiger partial charge in [-0.2, -0.15) is 0 Å². The molecular formula is C19H23NO3. The Morgan fingerprint density at radius 2 is 2.00 bits per heavy atom. The Morgan fingerprint density at radius 3 is 2.65 bits per heavy atom. The number of likely N-dealkylation sites (tertiary alicyclic amines) is 1. The minimum Gasteiger partial charge on any atom is -0.507 e. The number of hydrogen-bond donors (Lipinski definition) is 2. The summed E-state index contributed by atoms with van der Waals surface area (Å²) < 4.78 is 0. The Balaban J connectivity index is 1.82. The van der Waals surface area contributed by atoms with Crippen molar-refractivity contribution in [3.63, 3.8) is 0 Å². The molecule has 1 fully saturated rings. The van der Waals surface area contributed by atoms with Crippen LogP contribution in [-0.2, 0) is 4.79 Å². The fraction of sp³-hybridized carbons (Fsp3) is 0.421. The lowest BCUT2D eigenvalue weighted by Crippen LogP contribution is -2.38. The maximum absolute atomic E-state index is 11.1. The highest BCUT2D eigenvalue weighted by atomic mass is 16.4. The van der Waals surface area contributed by atoms with E-state index in [1.807, 2.05) is 18.2 Å². The first kappa shape index (κ1) is 15.8. The lowest BCUT2D eigenvalue weighted by Gasteiger charge is -2.36. The Hall–Kier alpha value is -2.07. The van der Waals surface area contributed by atoms with Gasteiger partial charge in [0.15, 0.2) is 0 Å². The Kier molecular flexibility index (Phi) is 4.53. The van der Waals surface area contributed by atoms with Crippen molar-refractivity contribution >= 4 is 16.7 Å². The van der Waals surface area contributed by atoms with E-state index in [0.717, 1.165) is 43.1 Å². The number of hydrogen-bond acceptors (Lipinski definition) is 3. The van der Waals surface area contributed by atoms with Crippen molar-refractivity contribution in [2.24, 2.45) is 5.92 Å². The molecule has 0 radical (unpaired) electrons. The molecule has 4 heteroatoms. The second-order valence-corrected chi connectivity index (χ2v) is 6.33. The number of aromatic hydroxyl groups is 1. The third-order valence-corrected chi connectivity index (χ3v) is 4.97. The fourth-order valence-corrected chi connectivity index (χ4v) is 3.66. The molecule has 3 rings (SSSR count). The van der Waals surface area contributed by atoms with Crippen molar-refractivity contribution < 1.29 is 15.0 Å². The average Bonchev–Trinajstić information content (AvgIpc) is 2.56. The molecule has 2 aromatic rings. The quantitative estimate of drug-likeness (QED) is 0.901. The van der Waals surface area contributed by atoms with Crippen LogP contribution in [0.4, 0.5) is 0 Å². The highest BCUT2D eigenvalue weighted by Gasteiger charge is 2.28. The van der Waals surface area contributed by atoms with Crippen LogP contribution in [0, 0.1) is 5.92 Å². The summed E-state index contributed by atoms with van der Waals surface area (Å²) in [5, 5.41) is 21.0. The minimum absolute atomic E-state index is 0.197. The van der Waals surface area contributed by atoms with Gasteiger partial charge in [0.2, 0.25) is 0 Å². The van der Waals surface area contributed by atoms with E-state index in [2.05, 4.69) is 24.0 Å².